The molecule has 0 aromatic carbocycles. The Morgan fingerprint density at radius 3 is 2.89 bits per heavy atom. The van der Waals surface area contributed by atoms with Gasteiger partial charge in [-0.2, -0.15) is 0 Å². The maximum absolute atomic E-state index is 12.2. The molecule has 1 unspecified atom stereocenters. The first-order chi connectivity index (χ1) is 8.52. The molecule has 98 valence electrons. The number of anilines is 1. The lowest BCUT2D eigenvalue weighted by molar-refractivity contribution is 0.0572. The number of amides is 1. The minimum absolute atomic E-state index is 0.0664. The van der Waals surface area contributed by atoms with E-state index >= 15 is 0 Å². The molecule has 2 N–H and O–H groups in total. The number of rotatable bonds is 3. The summed E-state index contributed by atoms with van der Waals surface area (Å²) in [6.07, 6.45) is 2.20. The van der Waals surface area contributed by atoms with E-state index in [1.165, 1.54) is 0 Å². The molecule has 1 saturated heterocycles. The highest BCUT2D eigenvalue weighted by Crippen LogP contribution is 2.22. The van der Waals surface area contributed by atoms with Gasteiger partial charge in [0.2, 0.25) is 0 Å². The van der Waals surface area contributed by atoms with Crippen LogP contribution in [0.15, 0.2) is 18.3 Å². The van der Waals surface area contributed by atoms with Crippen LogP contribution in [0.25, 0.3) is 0 Å². The summed E-state index contributed by atoms with van der Waals surface area (Å²) in [4.78, 5) is 18.0. The molecule has 1 fully saturated rings. The van der Waals surface area contributed by atoms with Crippen LogP contribution in [0, 0.1) is 0 Å². The van der Waals surface area contributed by atoms with Gasteiger partial charge in [-0.15, -0.1) is 0 Å². The number of carbonyl (C=O) groups is 1. The van der Waals surface area contributed by atoms with Crippen molar-refractivity contribution in [2.75, 3.05) is 25.0 Å². The van der Waals surface area contributed by atoms with Gasteiger partial charge >= 0.3 is 0 Å². The molecule has 18 heavy (non-hydrogen) atoms. The second kappa shape index (κ2) is 4.94. The van der Waals surface area contributed by atoms with E-state index in [0.29, 0.717) is 25.1 Å². The Morgan fingerprint density at radius 1 is 1.61 bits per heavy atom. The fourth-order valence-electron chi connectivity index (χ4n) is 2.11. The maximum atomic E-state index is 12.2. The van der Waals surface area contributed by atoms with E-state index in [-0.39, 0.29) is 5.91 Å². The summed E-state index contributed by atoms with van der Waals surface area (Å²) in [6.45, 7) is 5.54. The Morgan fingerprint density at radius 2 is 2.39 bits per heavy atom. The summed E-state index contributed by atoms with van der Waals surface area (Å²) in [5.41, 5.74) is -0.193. The molecule has 0 aliphatic carbocycles. The van der Waals surface area contributed by atoms with Crippen LogP contribution in [-0.4, -0.2) is 46.1 Å². The number of nitrogens with one attached hydrogen (secondary N) is 1. The first kappa shape index (κ1) is 12.8. The third kappa shape index (κ3) is 2.79. The molecule has 2 rings (SSSR count). The minimum atomic E-state index is -0.757. The van der Waals surface area contributed by atoms with E-state index in [4.69, 9.17) is 0 Å². The van der Waals surface area contributed by atoms with Crippen LogP contribution in [0.2, 0.25) is 0 Å². The van der Waals surface area contributed by atoms with Gasteiger partial charge in [0.25, 0.3) is 5.91 Å². The maximum Gasteiger partial charge on any atom is 0.255 e. The summed E-state index contributed by atoms with van der Waals surface area (Å²) in [5.74, 6) is 0.700. The molecule has 1 atom stereocenters. The minimum Gasteiger partial charge on any atom is -0.388 e. The molecule has 5 heteroatoms. The van der Waals surface area contributed by atoms with Crippen molar-refractivity contribution in [1.29, 1.82) is 0 Å². The highest BCUT2D eigenvalue weighted by molar-refractivity contribution is 5.94. The smallest absolute Gasteiger partial charge is 0.255 e. The molecular formula is C13H19N3O2. The first-order valence-corrected chi connectivity index (χ1v) is 6.23. The summed E-state index contributed by atoms with van der Waals surface area (Å²) in [6, 6.07) is 3.56. The average molecular weight is 249 g/mol. The number of carbonyl (C=O) groups excluding carboxylic acids is 1. The lowest BCUT2D eigenvalue weighted by Gasteiger charge is -2.19. The molecule has 2 heterocycles. The predicted molar refractivity (Wildman–Crippen MR) is 69.5 cm³/mol. The fourth-order valence-corrected chi connectivity index (χ4v) is 2.11. The number of hydrogen-bond donors (Lipinski definition) is 2. The fraction of sp³-hybridized carbons (Fsp3) is 0.538. The number of hydrogen-bond acceptors (Lipinski definition) is 4. The quantitative estimate of drug-likeness (QED) is 0.842. The van der Waals surface area contributed by atoms with Gasteiger partial charge in [0.1, 0.15) is 5.82 Å². The zero-order valence-electron chi connectivity index (χ0n) is 10.8. The van der Waals surface area contributed by atoms with Crippen LogP contribution >= 0.6 is 0 Å². The second-order valence-corrected chi connectivity index (χ2v) is 4.94. The monoisotopic (exact) mass is 249 g/mol. The zero-order chi connectivity index (χ0) is 13.2. The van der Waals surface area contributed by atoms with Crippen LogP contribution in [0.4, 0.5) is 5.82 Å². The van der Waals surface area contributed by atoms with Crippen LogP contribution in [-0.2, 0) is 0 Å². The van der Waals surface area contributed by atoms with Crippen molar-refractivity contribution in [3.63, 3.8) is 0 Å². The van der Waals surface area contributed by atoms with Crippen molar-refractivity contribution in [3.05, 3.63) is 23.9 Å². The van der Waals surface area contributed by atoms with Gasteiger partial charge in [-0.1, -0.05) is 0 Å². The molecular weight excluding hydrogens is 230 g/mol. The molecule has 0 radical (unpaired) electrons. The number of aromatic nitrogens is 1. The van der Waals surface area contributed by atoms with E-state index < -0.39 is 5.60 Å². The van der Waals surface area contributed by atoms with Gasteiger partial charge in [-0.3, -0.25) is 4.79 Å². The number of aliphatic hydroxyl groups is 1. The molecule has 5 nitrogen and oxygen atoms in total. The Balaban J connectivity index is 2.05. The van der Waals surface area contributed by atoms with Crippen molar-refractivity contribution in [3.8, 4) is 0 Å². The summed E-state index contributed by atoms with van der Waals surface area (Å²) >= 11 is 0. The molecule has 0 saturated carbocycles. The number of β-amino-alcohol motifs (C(OH)–C–C–N with tert-alkyl or cyclic N) is 1. The third-order valence-electron chi connectivity index (χ3n) is 3.11. The summed E-state index contributed by atoms with van der Waals surface area (Å²) in [7, 11) is 0. The van der Waals surface area contributed by atoms with Crippen molar-refractivity contribution in [2.24, 2.45) is 0 Å². The van der Waals surface area contributed by atoms with Crippen molar-refractivity contribution in [2.45, 2.75) is 25.9 Å². The van der Waals surface area contributed by atoms with Crippen molar-refractivity contribution < 1.29 is 9.90 Å². The summed E-state index contributed by atoms with van der Waals surface area (Å²) in [5, 5.41) is 12.9. The molecule has 0 spiro atoms. The van der Waals surface area contributed by atoms with Gasteiger partial charge in [0.15, 0.2) is 0 Å². The Bertz CT molecular complexity index is 428. The van der Waals surface area contributed by atoms with E-state index in [1.807, 2.05) is 6.92 Å². The molecule has 0 bridgehead atoms. The predicted octanol–water partition coefficient (Wildman–Crippen LogP) is 1.11. The lowest BCUT2D eigenvalue weighted by atomic mass is 10.1. The number of nitrogens with zero attached hydrogens (tertiary/aromatic N) is 2. The van der Waals surface area contributed by atoms with Gasteiger partial charge in [0.05, 0.1) is 11.2 Å². The lowest BCUT2D eigenvalue weighted by Crippen LogP contribution is -2.33. The second-order valence-electron chi connectivity index (χ2n) is 4.94. The summed E-state index contributed by atoms with van der Waals surface area (Å²) < 4.78 is 0. The van der Waals surface area contributed by atoms with Crippen LogP contribution in [0.3, 0.4) is 0 Å². The molecule has 1 amide bonds. The van der Waals surface area contributed by atoms with E-state index in [1.54, 1.807) is 30.2 Å². The van der Waals surface area contributed by atoms with Gasteiger partial charge < -0.3 is 15.3 Å². The zero-order valence-corrected chi connectivity index (χ0v) is 10.8. The Kier molecular flexibility index (Phi) is 3.52. The van der Waals surface area contributed by atoms with Gasteiger partial charge in [0, 0.05) is 25.8 Å². The number of pyridine rings is 1. The average Bonchev–Trinajstić information content (AvgIpc) is 2.70. The van der Waals surface area contributed by atoms with Crippen LogP contribution < -0.4 is 5.32 Å². The van der Waals surface area contributed by atoms with E-state index in [9.17, 15) is 9.90 Å². The Labute approximate surface area is 107 Å². The van der Waals surface area contributed by atoms with Crippen LogP contribution in [0.5, 0.6) is 0 Å². The highest BCUT2D eigenvalue weighted by atomic mass is 16.3. The number of likely N-dealkylation sites (tertiary alicyclic amines) is 1. The first-order valence-electron chi connectivity index (χ1n) is 6.23. The Hall–Kier alpha value is -1.62. The van der Waals surface area contributed by atoms with Crippen molar-refractivity contribution in [1.82, 2.24) is 9.88 Å². The third-order valence-corrected chi connectivity index (χ3v) is 3.11. The van der Waals surface area contributed by atoms with Gasteiger partial charge in [-0.05, 0) is 32.4 Å². The highest BCUT2D eigenvalue weighted by Gasteiger charge is 2.34. The van der Waals surface area contributed by atoms with Crippen LogP contribution in [0.1, 0.15) is 30.6 Å². The molecule has 1 aliphatic rings. The SMILES string of the molecule is CCNc1ccc(C(=O)N2CCC(C)(O)C2)cn1. The molecule has 1 aromatic rings. The van der Waals surface area contributed by atoms with Gasteiger partial charge in [-0.25, -0.2) is 4.98 Å². The molecule has 1 aliphatic heterocycles. The van der Waals surface area contributed by atoms with E-state index in [2.05, 4.69) is 10.3 Å². The standard InChI is InChI=1S/C13H19N3O2/c1-3-14-11-5-4-10(8-15-11)12(17)16-7-6-13(2,18)9-16/h4-5,8,18H,3,6-7,9H2,1-2H3,(H,14,15). The van der Waals surface area contributed by atoms with Crippen molar-refractivity contribution >= 4 is 11.7 Å². The largest absolute Gasteiger partial charge is 0.388 e. The topological polar surface area (TPSA) is 65.5 Å². The van der Waals surface area contributed by atoms with E-state index in [0.717, 1.165) is 12.4 Å². The normalized spacial score (nSPS) is 23.2. The molecule has 1 aromatic heterocycles.